The first-order valence-corrected chi connectivity index (χ1v) is 15.0. The first kappa shape index (κ1) is 28.5. The standard InChI is InChI=1S/C28H28N4O7S2/c1-17-6-4-7-21(18(17)2)32-27(19(3)25(30-32)28(34)35)39-22-10-9-20(29-26(33)23-8-5-15-40-23)16-24(22)41(36,37)31-11-13-38-14-12-31/h4-10,15-16H,11-14H2,1-3H3,(H,29,33)(H,34,35). The van der Waals surface area contributed by atoms with Crippen molar-refractivity contribution in [1.29, 1.82) is 0 Å². The largest absolute Gasteiger partial charge is 0.476 e. The highest BCUT2D eigenvalue weighted by atomic mass is 32.2. The van der Waals surface area contributed by atoms with Crippen molar-refractivity contribution in [2.45, 2.75) is 25.7 Å². The Balaban J connectivity index is 1.63. The van der Waals surface area contributed by atoms with E-state index in [1.165, 1.54) is 38.5 Å². The van der Waals surface area contributed by atoms with Gasteiger partial charge in [-0.3, -0.25) is 4.79 Å². The number of aromatic nitrogens is 2. The normalized spacial score (nSPS) is 14.1. The molecular weight excluding hydrogens is 568 g/mol. The number of sulfonamides is 1. The van der Waals surface area contributed by atoms with E-state index >= 15 is 0 Å². The minimum atomic E-state index is -4.11. The lowest BCUT2D eigenvalue weighted by atomic mass is 10.1. The summed E-state index contributed by atoms with van der Waals surface area (Å²) in [6, 6.07) is 13.3. The summed E-state index contributed by atoms with van der Waals surface area (Å²) in [6.07, 6.45) is 0. The number of thiophene rings is 1. The van der Waals surface area contributed by atoms with Crippen LogP contribution in [-0.2, 0) is 14.8 Å². The second-order valence-corrected chi connectivity index (χ2v) is 12.3. The Morgan fingerprint density at radius 3 is 2.49 bits per heavy atom. The number of carbonyl (C=O) groups is 2. The Morgan fingerprint density at radius 2 is 1.80 bits per heavy atom. The van der Waals surface area contributed by atoms with E-state index in [4.69, 9.17) is 9.47 Å². The number of ether oxygens (including phenoxy) is 2. The average molecular weight is 597 g/mol. The predicted octanol–water partition coefficient (Wildman–Crippen LogP) is 4.62. The minimum Gasteiger partial charge on any atom is -0.476 e. The third-order valence-electron chi connectivity index (χ3n) is 6.82. The monoisotopic (exact) mass is 596 g/mol. The summed E-state index contributed by atoms with van der Waals surface area (Å²) in [5.41, 5.74) is 2.66. The van der Waals surface area contributed by atoms with Crippen LogP contribution < -0.4 is 10.1 Å². The number of rotatable bonds is 8. The summed E-state index contributed by atoms with van der Waals surface area (Å²) in [5, 5.41) is 18.6. The molecule has 0 atom stereocenters. The smallest absolute Gasteiger partial charge is 0.356 e. The number of aryl methyl sites for hydroxylation is 1. The molecule has 2 N–H and O–H groups in total. The highest BCUT2D eigenvalue weighted by Crippen LogP contribution is 2.37. The molecule has 11 nitrogen and oxygen atoms in total. The Hall–Kier alpha value is -4.04. The van der Waals surface area contributed by atoms with Gasteiger partial charge in [0.15, 0.2) is 5.69 Å². The number of nitrogens with one attached hydrogen (secondary N) is 1. The van der Waals surface area contributed by atoms with E-state index in [0.29, 0.717) is 10.6 Å². The number of carbonyl (C=O) groups excluding carboxylic acids is 1. The molecule has 1 aliphatic rings. The molecule has 0 unspecified atom stereocenters. The van der Waals surface area contributed by atoms with Crippen LogP contribution in [-0.4, -0.2) is 65.8 Å². The number of aromatic carboxylic acids is 1. The molecule has 214 valence electrons. The summed E-state index contributed by atoms with van der Waals surface area (Å²) < 4.78 is 42.0. The molecule has 1 saturated heterocycles. The summed E-state index contributed by atoms with van der Waals surface area (Å²) in [5.74, 6) is -1.61. The second kappa shape index (κ2) is 11.4. The van der Waals surface area contributed by atoms with Gasteiger partial charge in [-0.15, -0.1) is 11.3 Å². The maximum Gasteiger partial charge on any atom is 0.356 e. The fraction of sp³-hybridized carbons (Fsp3) is 0.250. The SMILES string of the molecule is Cc1cccc(-n2nc(C(=O)O)c(C)c2Oc2ccc(NC(=O)c3cccs3)cc2S(=O)(=O)N2CCOCC2)c1C. The molecule has 0 spiro atoms. The zero-order chi connectivity index (χ0) is 29.3. The molecule has 0 saturated carbocycles. The molecular formula is C28H28N4O7S2. The van der Waals surface area contributed by atoms with E-state index < -0.39 is 16.0 Å². The van der Waals surface area contributed by atoms with Crippen LogP contribution in [0.25, 0.3) is 5.69 Å². The van der Waals surface area contributed by atoms with Gasteiger partial charge in [-0.2, -0.15) is 14.1 Å². The first-order valence-electron chi connectivity index (χ1n) is 12.7. The van der Waals surface area contributed by atoms with Crippen molar-refractivity contribution < 1.29 is 32.6 Å². The fourth-order valence-corrected chi connectivity index (χ4v) is 6.60. The number of hydrogen-bond donors (Lipinski definition) is 2. The maximum absolute atomic E-state index is 13.9. The number of carboxylic acids is 1. The van der Waals surface area contributed by atoms with Gasteiger partial charge in [0, 0.05) is 24.3 Å². The molecule has 0 bridgehead atoms. The number of hydrogen-bond acceptors (Lipinski definition) is 8. The van der Waals surface area contributed by atoms with E-state index in [-0.39, 0.29) is 65.7 Å². The minimum absolute atomic E-state index is 0.0443. The molecule has 0 aliphatic carbocycles. The van der Waals surface area contributed by atoms with E-state index in [1.807, 2.05) is 26.0 Å². The van der Waals surface area contributed by atoms with Gasteiger partial charge in [0.2, 0.25) is 15.9 Å². The molecule has 1 aliphatic heterocycles. The lowest BCUT2D eigenvalue weighted by Gasteiger charge is -2.27. The van der Waals surface area contributed by atoms with Gasteiger partial charge >= 0.3 is 5.97 Å². The maximum atomic E-state index is 13.9. The summed E-state index contributed by atoms with van der Waals surface area (Å²) >= 11 is 1.26. The molecule has 3 heterocycles. The first-order chi connectivity index (χ1) is 19.6. The van der Waals surface area contributed by atoms with Crippen LogP contribution in [0.1, 0.15) is 36.9 Å². The quantitative estimate of drug-likeness (QED) is 0.300. The number of amides is 1. The van der Waals surface area contributed by atoms with Crippen LogP contribution in [0.4, 0.5) is 5.69 Å². The molecule has 13 heteroatoms. The highest BCUT2D eigenvalue weighted by Gasteiger charge is 2.32. The van der Waals surface area contributed by atoms with Crippen LogP contribution in [0.2, 0.25) is 0 Å². The van der Waals surface area contributed by atoms with Gasteiger partial charge in [0.05, 0.1) is 23.8 Å². The predicted molar refractivity (Wildman–Crippen MR) is 153 cm³/mol. The zero-order valence-corrected chi connectivity index (χ0v) is 24.2. The van der Waals surface area contributed by atoms with Gasteiger partial charge in [-0.25, -0.2) is 13.2 Å². The third-order valence-corrected chi connectivity index (χ3v) is 9.60. The number of morpholine rings is 1. The fourth-order valence-electron chi connectivity index (χ4n) is 4.43. The summed E-state index contributed by atoms with van der Waals surface area (Å²) in [4.78, 5) is 25.0. The van der Waals surface area contributed by atoms with Crippen LogP contribution in [0, 0.1) is 20.8 Å². The van der Waals surface area contributed by atoms with Gasteiger partial charge in [-0.05, 0) is 67.6 Å². The van der Waals surface area contributed by atoms with E-state index in [9.17, 15) is 23.1 Å². The van der Waals surface area contributed by atoms with Crippen molar-refractivity contribution in [3.05, 3.63) is 81.2 Å². The van der Waals surface area contributed by atoms with E-state index in [0.717, 1.165) is 11.1 Å². The number of anilines is 1. The lowest BCUT2D eigenvalue weighted by Crippen LogP contribution is -2.40. The topological polar surface area (TPSA) is 140 Å². The molecule has 0 radical (unpaired) electrons. The Kier molecular flexibility index (Phi) is 7.95. The van der Waals surface area contributed by atoms with Crippen molar-refractivity contribution >= 4 is 38.9 Å². The van der Waals surface area contributed by atoms with Crippen LogP contribution in [0.3, 0.4) is 0 Å². The van der Waals surface area contributed by atoms with Crippen molar-refractivity contribution in [3.8, 4) is 17.3 Å². The van der Waals surface area contributed by atoms with Crippen molar-refractivity contribution in [1.82, 2.24) is 14.1 Å². The lowest BCUT2D eigenvalue weighted by molar-refractivity contribution is 0.0689. The van der Waals surface area contributed by atoms with Crippen molar-refractivity contribution in [3.63, 3.8) is 0 Å². The molecule has 2 aromatic heterocycles. The van der Waals surface area contributed by atoms with Crippen molar-refractivity contribution in [2.24, 2.45) is 0 Å². The van der Waals surface area contributed by atoms with Gasteiger partial charge in [-0.1, -0.05) is 18.2 Å². The Morgan fingerprint density at radius 1 is 1.05 bits per heavy atom. The van der Waals surface area contributed by atoms with Crippen LogP contribution in [0.15, 0.2) is 58.8 Å². The Bertz CT molecular complexity index is 1720. The van der Waals surface area contributed by atoms with Gasteiger partial charge in [0.1, 0.15) is 10.6 Å². The van der Waals surface area contributed by atoms with Crippen LogP contribution in [0.5, 0.6) is 11.6 Å². The van der Waals surface area contributed by atoms with Gasteiger partial charge in [0.25, 0.3) is 5.91 Å². The summed E-state index contributed by atoms with van der Waals surface area (Å²) in [6.45, 7) is 6.14. The molecule has 1 amide bonds. The van der Waals surface area contributed by atoms with E-state index in [2.05, 4.69) is 10.4 Å². The molecule has 5 rings (SSSR count). The number of nitrogens with zero attached hydrogens (tertiary/aromatic N) is 3. The molecule has 1 fully saturated rings. The molecule has 4 aromatic rings. The second-order valence-electron chi connectivity index (χ2n) is 9.43. The summed E-state index contributed by atoms with van der Waals surface area (Å²) in [7, 11) is -4.11. The highest BCUT2D eigenvalue weighted by molar-refractivity contribution is 7.89. The number of benzene rings is 2. The van der Waals surface area contributed by atoms with Gasteiger partial charge < -0.3 is 19.9 Å². The van der Waals surface area contributed by atoms with Crippen LogP contribution >= 0.6 is 11.3 Å². The zero-order valence-electron chi connectivity index (χ0n) is 22.6. The third kappa shape index (κ3) is 5.61. The molecule has 2 aromatic carbocycles. The number of carboxylic acid groups (broad SMARTS) is 1. The van der Waals surface area contributed by atoms with Crippen molar-refractivity contribution in [2.75, 3.05) is 31.6 Å². The Labute approximate surface area is 241 Å². The molecule has 41 heavy (non-hydrogen) atoms. The average Bonchev–Trinajstić information content (AvgIpc) is 3.61. The van der Waals surface area contributed by atoms with E-state index in [1.54, 1.807) is 30.5 Å².